The van der Waals surface area contributed by atoms with Gasteiger partial charge >= 0.3 is 6.09 Å². The number of unbranched alkanes of at least 4 members (excludes halogenated alkanes) is 16. The van der Waals surface area contributed by atoms with Gasteiger partial charge in [0, 0.05) is 44.6 Å². The molecule has 0 spiro atoms. The Morgan fingerprint density at radius 2 is 1.45 bits per heavy atom. The summed E-state index contributed by atoms with van der Waals surface area (Å²) in [6.07, 6.45) is 23.3. The normalized spacial score (nSPS) is 17.0. The lowest BCUT2D eigenvalue weighted by atomic mass is 10.0. The Morgan fingerprint density at radius 3 is 1.94 bits per heavy atom. The third-order valence-corrected chi connectivity index (χ3v) is 13.9. The molecule has 272 valence electrons. The number of ether oxygens (including phenoxy) is 2. The highest BCUT2D eigenvalue weighted by molar-refractivity contribution is 7.92. The van der Waals surface area contributed by atoms with Gasteiger partial charge in [-0.15, -0.1) is 11.3 Å². The number of fused-ring (bicyclic) bond motifs is 1. The van der Waals surface area contributed by atoms with E-state index in [1.807, 2.05) is 13.8 Å². The predicted octanol–water partition coefficient (Wildman–Crippen LogP) is 9.44. The third kappa shape index (κ3) is 14.6. The molecule has 1 unspecified atom stereocenters. The zero-order valence-electron chi connectivity index (χ0n) is 29.9. The summed E-state index contributed by atoms with van der Waals surface area (Å²) < 4.78 is 56.9. The van der Waals surface area contributed by atoms with Crippen molar-refractivity contribution in [3.63, 3.8) is 0 Å². The van der Waals surface area contributed by atoms with Gasteiger partial charge in [0.1, 0.15) is 8.42 Å². The van der Waals surface area contributed by atoms with Crippen molar-refractivity contribution >= 4 is 44.2 Å². The second-order valence-electron chi connectivity index (χ2n) is 12.8. The number of likely N-dealkylation sites (N-methyl/N-ethyl adjacent to an activating group) is 1. The summed E-state index contributed by atoms with van der Waals surface area (Å²) in [7, 11) is -2.65. The van der Waals surface area contributed by atoms with Crippen LogP contribution >= 0.6 is 11.3 Å². The molecule has 0 saturated carbocycles. The van der Waals surface area contributed by atoms with Crippen molar-refractivity contribution in [1.82, 2.24) is 9.21 Å². The van der Waals surface area contributed by atoms with Gasteiger partial charge in [-0.05, 0) is 39.2 Å². The van der Waals surface area contributed by atoms with Crippen LogP contribution in [-0.4, -0.2) is 74.1 Å². The minimum Gasteiger partial charge on any atom is -0.453 e. The first-order valence-corrected chi connectivity index (χ1v) is 21.5. The summed E-state index contributed by atoms with van der Waals surface area (Å²) in [5.41, 5.74) is 1.29. The van der Waals surface area contributed by atoms with Crippen molar-refractivity contribution in [3.8, 4) is 0 Å². The van der Waals surface area contributed by atoms with Crippen LogP contribution in [0.4, 0.5) is 4.79 Å². The van der Waals surface area contributed by atoms with Gasteiger partial charge < -0.3 is 14.4 Å². The maximum atomic E-state index is 13.6. The molecule has 1 amide bonds. The van der Waals surface area contributed by atoms with E-state index in [1.54, 1.807) is 13.2 Å². The van der Waals surface area contributed by atoms with E-state index in [-0.39, 0.29) is 17.3 Å². The molecule has 2 heterocycles. The standard InChI is InChI=1S/C35H63N3O6S3/c1-6-8-9-10-11-12-13-14-15-16-17-18-19-20-21-22-23-25-30(3)36-46(40)33-28-31-32(38(7-2)35(39)44-5)29-37(26-24-27-43-4)47(41,42)34(31)45-33/h28,32H,6-27,29H2,1-5H3/b36-30+/t32-,46?/m0/s1. The van der Waals surface area contributed by atoms with Gasteiger partial charge in [0.2, 0.25) is 0 Å². The van der Waals surface area contributed by atoms with E-state index < -0.39 is 33.1 Å². The number of amides is 1. The second kappa shape index (κ2) is 23.9. The van der Waals surface area contributed by atoms with Gasteiger partial charge in [0.15, 0.2) is 11.0 Å². The molecule has 12 heteroatoms. The maximum Gasteiger partial charge on any atom is 0.410 e. The van der Waals surface area contributed by atoms with Crippen LogP contribution in [0.3, 0.4) is 0 Å². The minimum absolute atomic E-state index is 0.104. The van der Waals surface area contributed by atoms with Crippen molar-refractivity contribution in [2.75, 3.05) is 40.5 Å². The summed E-state index contributed by atoms with van der Waals surface area (Å²) in [6.45, 7) is 7.12. The van der Waals surface area contributed by atoms with Crippen molar-refractivity contribution in [3.05, 3.63) is 11.6 Å². The van der Waals surface area contributed by atoms with Crippen molar-refractivity contribution < 1.29 is 26.9 Å². The average molecular weight is 718 g/mol. The van der Waals surface area contributed by atoms with Crippen molar-refractivity contribution in [2.45, 2.75) is 157 Å². The topological polar surface area (TPSA) is 106 Å². The minimum atomic E-state index is -3.82. The number of sulfonamides is 1. The molecule has 1 aromatic heterocycles. The van der Waals surface area contributed by atoms with Gasteiger partial charge in [-0.3, -0.25) is 0 Å². The van der Waals surface area contributed by atoms with Crippen LogP contribution < -0.4 is 0 Å². The van der Waals surface area contributed by atoms with Crippen LogP contribution in [0.1, 0.15) is 154 Å². The van der Waals surface area contributed by atoms with Crippen LogP contribution in [0.2, 0.25) is 0 Å². The van der Waals surface area contributed by atoms with Crippen molar-refractivity contribution in [2.24, 2.45) is 4.40 Å². The first kappa shape index (κ1) is 41.8. The van der Waals surface area contributed by atoms with Crippen LogP contribution in [0.15, 0.2) is 18.9 Å². The third-order valence-electron chi connectivity index (χ3n) is 8.95. The van der Waals surface area contributed by atoms with E-state index in [1.165, 1.54) is 113 Å². The number of rotatable bonds is 26. The summed E-state index contributed by atoms with van der Waals surface area (Å²) in [5.74, 6) is 0. The van der Waals surface area contributed by atoms with E-state index in [0.29, 0.717) is 29.3 Å². The summed E-state index contributed by atoms with van der Waals surface area (Å²) in [6, 6.07) is 1.11. The van der Waals surface area contributed by atoms with Gasteiger partial charge in [0.05, 0.1) is 13.2 Å². The number of hydrogen-bond acceptors (Lipinski definition) is 7. The molecule has 0 bridgehead atoms. The Bertz CT molecular complexity index is 1190. The van der Waals surface area contributed by atoms with E-state index in [9.17, 15) is 17.4 Å². The number of methoxy groups -OCH3 is 2. The summed E-state index contributed by atoms with van der Waals surface area (Å²) in [4.78, 5) is 14.1. The quantitative estimate of drug-likeness (QED) is 0.0699. The smallest absolute Gasteiger partial charge is 0.410 e. The molecule has 2 rings (SSSR count). The molecular weight excluding hydrogens is 655 g/mol. The monoisotopic (exact) mass is 717 g/mol. The molecule has 1 aliphatic heterocycles. The lowest BCUT2D eigenvalue weighted by molar-refractivity contribution is 0.0981. The zero-order valence-corrected chi connectivity index (χ0v) is 32.4. The van der Waals surface area contributed by atoms with Gasteiger partial charge in [0.25, 0.3) is 10.0 Å². The lowest BCUT2D eigenvalue weighted by Crippen LogP contribution is -2.47. The number of carbonyl (C=O) groups is 1. The van der Waals surface area contributed by atoms with E-state index in [0.717, 1.165) is 36.3 Å². The second-order valence-corrected chi connectivity index (χ2v) is 17.3. The Labute approximate surface area is 292 Å². The van der Waals surface area contributed by atoms with Crippen LogP contribution in [-0.2, 0) is 30.5 Å². The van der Waals surface area contributed by atoms with Crippen LogP contribution in [0.5, 0.6) is 0 Å². The fraction of sp³-hybridized carbons (Fsp3) is 0.829. The van der Waals surface area contributed by atoms with E-state index in [2.05, 4.69) is 11.3 Å². The Hall–Kier alpha value is -1.34. The van der Waals surface area contributed by atoms with Crippen LogP contribution in [0, 0.1) is 0 Å². The Kier molecular flexibility index (Phi) is 21.3. The molecule has 1 aliphatic rings. The van der Waals surface area contributed by atoms with E-state index >= 15 is 0 Å². The number of thiophene rings is 1. The molecule has 0 radical (unpaired) electrons. The van der Waals surface area contributed by atoms with Gasteiger partial charge in [-0.1, -0.05) is 110 Å². The largest absolute Gasteiger partial charge is 0.453 e. The molecular formula is C35H63N3O6S3. The first-order chi connectivity index (χ1) is 22.7. The first-order valence-electron chi connectivity index (χ1n) is 18.1. The molecule has 47 heavy (non-hydrogen) atoms. The van der Waals surface area contributed by atoms with Gasteiger partial charge in [-0.2, -0.15) is 8.70 Å². The van der Waals surface area contributed by atoms with Crippen molar-refractivity contribution in [1.29, 1.82) is 0 Å². The highest BCUT2D eigenvalue weighted by Crippen LogP contribution is 2.42. The highest BCUT2D eigenvalue weighted by atomic mass is 32.3. The Morgan fingerprint density at radius 1 is 0.915 bits per heavy atom. The molecule has 0 aromatic carbocycles. The number of carbonyl (C=O) groups excluding carboxylic acids is 1. The maximum absolute atomic E-state index is 13.6. The van der Waals surface area contributed by atoms with Crippen LogP contribution in [0.25, 0.3) is 0 Å². The molecule has 2 atom stereocenters. The molecule has 9 nitrogen and oxygen atoms in total. The van der Waals surface area contributed by atoms with Gasteiger partial charge in [-0.25, -0.2) is 17.4 Å². The fourth-order valence-corrected chi connectivity index (χ4v) is 10.8. The molecule has 0 N–H and O–H groups in total. The molecule has 0 fully saturated rings. The Balaban J connectivity index is 1.79. The zero-order chi connectivity index (χ0) is 34.5. The molecule has 0 saturated heterocycles. The van der Waals surface area contributed by atoms with E-state index in [4.69, 9.17) is 9.47 Å². The molecule has 0 aliphatic carbocycles. The predicted molar refractivity (Wildman–Crippen MR) is 195 cm³/mol. The number of nitrogens with zero attached hydrogens (tertiary/aromatic N) is 3. The summed E-state index contributed by atoms with van der Waals surface area (Å²) >= 11 is 0.990. The lowest BCUT2D eigenvalue weighted by Gasteiger charge is -2.37. The highest BCUT2D eigenvalue weighted by Gasteiger charge is 2.42. The number of hydrogen-bond donors (Lipinski definition) is 0. The molecule has 1 aromatic rings. The SMILES string of the molecule is CCCCCCCCCCCCCCCCCCC/C(C)=N/S(=O)c1cc2c(s1)S(=O)(=O)N(CCCOC)C[C@@H]2N(CC)C(=O)OC. The summed E-state index contributed by atoms with van der Waals surface area (Å²) in [5, 5.41) is 0. The fourth-order valence-electron chi connectivity index (χ4n) is 6.19. The average Bonchev–Trinajstić information content (AvgIpc) is 3.52.